The van der Waals surface area contributed by atoms with E-state index in [1.807, 2.05) is 0 Å². The van der Waals surface area contributed by atoms with Crippen LogP contribution in [0.15, 0.2) is 85.1 Å². The SMILES string of the molecule is CC/C=C\C/C=C\C/C=C\CCCCCCCCCC(=O)OC(COC(=O)CCCCCCC/C=C\C/C=C\CCCCCC)COC(=O)CCCCCCCCCCC/C=C\C/C=C\CCCCCCC. The van der Waals surface area contributed by atoms with Gasteiger partial charge in [0.05, 0.1) is 0 Å². The predicted octanol–water partition coefficient (Wildman–Crippen LogP) is 20.7. The highest BCUT2D eigenvalue weighted by Gasteiger charge is 2.19. The number of rotatable bonds is 55. The van der Waals surface area contributed by atoms with Crippen molar-refractivity contribution >= 4 is 17.9 Å². The van der Waals surface area contributed by atoms with E-state index in [0.717, 1.165) is 109 Å². The molecule has 0 amide bonds. The monoisotopic (exact) mass is 1000 g/mol. The van der Waals surface area contributed by atoms with Crippen molar-refractivity contribution in [3.63, 3.8) is 0 Å². The second-order valence-corrected chi connectivity index (χ2v) is 20.2. The fourth-order valence-electron chi connectivity index (χ4n) is 8.52. The number of allylic oxidation sites excluding steroid dienone is 14. The van der Waals surface area contributed by atoms with Gasteiger partial charge in [-0.05, 0) is 116 Å². The summed E-state index contributed by atoms with van der Waals surface area (Å²) in [6.07, 6.45) is 78.6. The highest BCUT2D eigenvalue weighted by Crippen LogP contribution is 2.15. The first-order valence-electron chi connectivity index (χ1n) is 30.6. The minimum Gasteiger partial charge on any atom is -0.462 e. The molecule has 0 radical (unpaired) electrons. The van der Waals surface area contributed by atoms with E-state index in [-0.39, 0.29) is 31.1 Å². The highest BCUT2D eigenvalue weighted by molar-refractivity contribution is 5.71. The van der Waals surface area contributed by atoms with Crippen LogP contribution in [0, 0.1) is 0 Å². The standard InChI is InChI=1S/C66H114O6/c1-4-7-10-13-16-19-22-25-28-31-32-33-34-36-38-41-44-47-50-53-56-59-65(68)71-62-63(61-70-64(67)58-55-52-49-46-43-40-37-30-27-24-21-18-15-12-9-6-3)72-66(69)60-57-54-51-48-45-42-39-35-29-26-23-20-17-14-11-8-5-2/h8,11,17,20-22,24-26,29-32,37,63H,4-7,9-10,12-16,18-19,23,27-28,33-36,38-62H2,1-3H3/b11-8-,20-17-,24-21-,25-22-,29-26-,32-31-,37-30-. The molecule has 0 bridgehead atoms. The Morgan fingerprint density at radius 2 is 0.542 bits per heavy atom. The van der Waals surface area contributed by atoms with Crippen molar-refractivity contribution in [3.8, 4) is 0 Å². The number of ether oxygens (including phenoxy) is 3. The van der Waals surface area contributed by atoms with Crippen LogP contribution in [0.25, 0.3) is 0 Å². The summed E-state index contributed by atoms with van der Waals surface area (Å²) < 4.78 is 16.9. The topological polar surface area (TPSA) is 78.9 Å². The lowest BCUT2D eigenvalue weighted by atomic mass is 10.1. The van der Waals surface area contributed by atoms with Crippen molar-refractivity contribution < 1.29 is 28.6 Å². The molecule has 6 nitrogen and oxygen atoms in total. The minimum atomic E-state index is -0.791. The minimum absolute atomic E-state index is 0.0870. The van der Waals surface area contributed by atoms with E-state index in [1.54, 1.807) is 0 Å². The van der Waals surface area contributed by atoms with Crippen molar-refractivity contribution in [2.75, 3.05) is 13.2 Å². The average Bonchev–Trinajstić information content (AvgIpc) is 3.38. The second kappa shape index (κ2) is 60.1. The summed E-state index contributed by atoms with van der Waals surface area (Å²) in [5, 5.41) is 0. The summed E-state index contributed by atoms with van der Waals surface area (Å²) in [7, 11) is 0. The molecule has 0 aromatic carbocycles. The first-order valence-corrected chi connectivity index (χ1v) is 30.6. The molecule has 0 rings (SSSR count). The largest absolute Gasteiger partial charge is 0.462 e. The summed E-state index contributed by atoms with van der Waals surface area (Å²) in [5.74, 6) is -0.906. The van der Waals surface area contributed by atoms with Gasteiger partial charge in [0.1, 0.15) is 13.2 Å². The molecule has 0 saturated heterocycles. The van der Waals surface area contributed by atoms with Gasteiger partial charge in [-0.2, -0.15) is 0 Å². The normalized spacial score (nSPS) is 12.7. The second-order valence-electron chi connectivity index (χ2n) is 20.2. The predicted molar refractivity (Wildman–Crippen MR) is 311 cm³/mol. The molecule has 0 aliphatic rings. The first-order chi connectivity index (χ1) is 35.5. The van der Waals surface area contributed by atoms with Gasteiger partial charge in [-0.1, -0.05) is 247 Å². The zero-order valence-electron chi connectivity index (χ0n) is 47.4. The average molecular weight is 1000 g/mol. The molecule has 1 atom stereocenters. The summed E-state index contributed by atoms with van der Waals surface area (Å²) >= 11 is 0. The van der Waals surface area contributed by atoms with Gasteiger partial charge in [0, 0.05) is 19.3 Å². The smallest absolute Gasteiger partial charge is 0.306 e. The molecule has 0 N–H and O–H groups in total. The molecule has 0 aromatic rings. The molecule has 0 saturated carbocycles. The van der Waals surface area contributed by atoms with Crippen LogP contribution in [0.1, 0.15) is 297 Å². The van der Waals surface area contributed by atoms with E-state index in [9.17, 15) is 14.4 Å². The highest BCUT2D eigenvalue weighted by atomic mass is 16.6. The lowest BCUT2D eigenvalue weighted by Gasteiger charge is -2.18. The fraction of sp³-hybridized carbons (Fsp3) is 0.742. The van der Waals surface area contributed by atoms with Crippen molar-refractivity contribution in [2.24, 2.45) is 0 Å². The molecule has 0 fully saturated rings. The van der Waals surface area contributed by atoms with Crippen LogP contribution in [0.2, 0.25) is 0 Å². The molecule has 0 spiro atoms. The lowest BCUT2D eigenvalue weighted by Crippen LogP contribution is -2.30. The number of hydrogen-bond donors (Lipinski definition) is 0. The molecular weight excluding hydrogens is 889 g/mol. The van der Waals surface area contributed by atoms with Crippen molar-refractivity contribution in [3.05, 3.63) is 85.1 Å². The molecule has 0 aromatic heterocycles. The molecule has 0 heterocycles. The van der Waals surface area contributed by atoms with Gasteiger partial charge in [-0.3, -0.25) is 14.4 Å². The number of carbonyl (C=O) groups excluding carboxylic acids is 3. The van der Waals surface area contributed by atoms with Gasteiger partial charge in [-0.25, -0.2) is 0 Å². The Hall–Kier alpha value is -3.41. The van der Waals surface area contributed by atoms with Gasteiger partial charge in [0.15, 0.2) is 6.10 Å². The third-order valence-corrected chi connectivity index (χ3v) is 13.1. The van der Waals surface area contributed by atoms with Crippen LogP contribution < -0.4 is 0 Å². The first kappa shape index (κ1) is 68.6. The van der Waals surface area contributed by atoms with Gasteiger partial charge >= 0.3 is 17.9 Å². The zero-order chi connectivity index (χ0) is 52.2. The summed E-state index contributed by atoms with van der Waals surface area (Å²) in [4.78, 5) is 38.3. The van der Waals surface area contributed by atoms with Gasteiger partial charge in [-0.15, -0.1) is 0 Å². The Balaban J connectivity index is 4.40. The maximum Gasteiger partial charge on any atom is 0.306 e. The lowest BCUT2D eigenvalue weighted by molar-refractivity contribution is -0.167. The Morgan fingerprint density at radius 1 is 0.292 bits per heavy atom. The number of esters is 3. The molecule has 414 valence electrons. The fourth-order valence-corrected chi connectivity index (χ4v) is 8.52. The molecular formula is C66H114O6. The summed E-state index contributed by atoms with van der Waals surface area (Å²) in [6.45, 7) is 6.50. The van der Waals surface area contributed by atoms with Crippen LogP contribution in [-0.2, 0) is 28.6 Å². The molecule has 72 heavy (non-hydrogen) atoms. The maximum absolute atomic E-state index is 12.9. The molecule has 1 unspecified atom stereocenters. The number of unbranched alkanes of at least 4 members (excludes halogenated alkanes) is 30. The Labute approximate surface area is 445 Å². The van der Waals surface area contributed by atoms with Gasteiger partial charge in [0.2, 0.25) is 0 Å². The number of hydrogen-bond acceptors (Lipinski definition) is 6. The van der Waals surface area contributed by atoms with E-state index in [1.165, 1.54) is 148 Å². The summed E-state index contributed by atoms with van der Waals surface area (Å²) in [6, 6.07) is 0. The molecule has 6 heteroatoms. The molecule has 0 aliphatic carbocycles. The van der Waals surface area contributed by atoms with E-state index in [2.05, 4.69) is 106 Å². The van der Waals surface area contributed by atoms with Gasteiger partial charge < -0.3 is 14.2 Å². The van der Waals surface area contributed by atoms with Crippen LogP contribution in [0.3, 0.4) is 0 Å². The van der Waals surface area contributed by atoms with Crippen LogP contribution in [0.4, 0.5) is 0 Å². The van der Waals surface area contributed by atoms with Crippen LogP contribution >= 0.6 is 0 Å². The Morgan fingerprint density at radius 3 is 0.861 bits per heavy atom. The van der Waals surface area contributed by atoms with E-state index in [0.29, 0.717) is 19.3 Å². The van der Waals surface area contributed by atoms with Crippen molar-refractivity contribution in [1.29, 1.82) is 0 Å². The Bertz CT molecular complexity index is 1380. The number of carbonyl (C=O) groups is 3. The Kier molecular flexibility index (Phi) is 57.3. The van der Waals surface area contributed by atoms with Crippen LogP contribution in [0.5, 0.6) is 0 Å². The quantitative estimate of drug-likeness (QED) is 0.0261. The zero-order valence-corrected chi connectivity index (χ0v) is 47.4. The van der Waals surface area contributed by atoms with E-state index >= 15 is 0 Å². The third-order valence-electron chi connectivity index (χ3n) is 13.1. The van der Waals surface area contributed by atoms with Crippen molar-refractivity contribution in [1.82, 2.24) is 0 Å². The van der Waals surface area contributed by atoms with Crippen LogP contribution in [-0.4, -0.2) is 37.2 Å². The van der Waals surface area contributed by atoms with E-state index < -0.39 is 6.10 Å². The van der Waals surface area contributed by atoms with Gasteiger partial charge in [0.25, 0.3) is 0 Å². The maximum atomic E-state index is 12.9. The molecule has 0 aliphatic heterocycles. The van der Waals surface area contributed by atoms with Crippen molar-refractivity contribution in [2.45, 2.75) is 303 Å². The van der Waals surface area contributed by atoms with E-state index in [4.69, 9.17) is 14.2 Å². The third kappa shape index (κ3) is 57.5. The summed E-state index contributed by atoms with van der Waals surface area (Å²) in [5.41, 5.74) is 0.